The first-order chi connectivity index (χ1) is 9.65. The third-order valence-electron chi connectivity index (χ3n) is 2.44. The fourth-order valence-corrected chi connectivity index (χ4v) is 1.49. The van der Waals surface area contributed by atoms with E-state index in [1.54, 1.807) is 12.1 Å². The van der Waals surface area contributed by atoms with Crippen molar-refractivity contribution in [1.29, 1.82) is 0 Å². The van der Waals surface area contributed by atoms with Crippen LogP contribution in [0.4, 0.5) is 5.69 Å². The molecule has 0 atom stereocenters. The molecule has 0 spiro atoms. The Labute approximate surface area is 114 Å². The Morgan fingerprint density at radius 1 is 1.35 bits per heavy atom. The molecule has 20 heavy (non-hydrogen) atoms. The zero-order valence-corrected chi connectivity index (χ0v) is 10.4. The van der Waals surface area contributed by atoms with Crippen LogP contribution in [0.15, 0.2) is 52.2 Å². The third kappa shape index (κ3) is 3.77. The molecule has 0 bridgehead atoms. The van der Waals surface area contributed by atoms with E-state index in [1.807, 2.05) is 0 Å². The SMILES string of the molecule is O=C(Cc1ccc([N+](=O)[O-])cc1)N/N=C\c1ccco1. The summed E-state index contributed by atoms with van der Waals surface area (Å²) in [6.45, 7) is 0. The first-order valence-corrected chi connectivity index (χ1v) is 5.74. The maximum absolute atomic E-state index is 11.6. The molecular weight excluding hydrogens is 262 g/mol. The number of furan rings is 1. The number of hydrazone groups is 1. The second kappa shape index (κ2) is 6.28. The Hall–Kier alpha value is -2.96. The van der Waals surface area contributed by atoms with Gasteiger partial charge in [-0.25, -0.2) is 5.43 Å². The van der Waals surface area contributed by atoms with Gasteiger partial charge >= 0.3 is 0 Å². The quantitative estimate of drug-likeness (QED) is 0.511. The Kier molecular flexibility index (Phi) is 4.23. The van der Waals surface area contributed by atoms with Crippen molar-refractivity contribution in [2.45, 2.75) is 6.42 Å². The molecular formula is C13H11N3O4. The number of amides is 1. The normalized spacial score (nSPS) is 10.6. The van der Waals surface area contributed by atoms with E-state index in [9.17, 15) is 14.9 Å². The lowest BCUT2D eigenvalue weighted by molar-refractivity contribution is -0.384. The number of nitrogens with one attached hydrogen (secondary N) is 1. The number of benzene rings is 1. The highest BCUT2D eigenvalue weighted by atomic mass is 16.6. The number of nitro groups is 1. The molecule has 0 fully saturated rings. The van der Waals surface area contributed by atoms with Gasteiger partial charge in [-0.2, -0.15) is 5.10 Å². The van der Waals surface area contributed by atoms with E-state index >= 15 is 0 Å². The van der Waals surface area contributed by atoms with Crippen LogP contribution in [0.3, 0.4) is 0 Å². The van der Waals surface area contributed by atoms with Gasteiger partial charge in [-0.05, 0) is 17.7 Å². The number of rotatable bonds is 5. The number of nitrogens with zero attached hydrogens (tertiary/aromatic N) is 2. The van der Waals surface area contributed by atoms with Crippen molar-refractivity contribution in [3.05, 3.63) is 64.1 Å². The highest BCUT2D eigenvalue weighted by Gasteiger charge is 2.06. The minimum Gasteiger partial charge on any atom is -0.463 e. The molecule has 0 aliphatic carbocycles. The molecule has 0 saturated carbocycles. The molecule has 7 nitrogen and oxygen atoms in total. The van der Waals surface area contributed by atoms with Crippen molar-refractivity contribution in [3.8, 4) is 0 Å². The summed E-state index contributed by atoms with van der Waals surface area (Å²) in [4.78, 5) is 21.6. The summed E-state index contributed by atoms with van der Waals surface area (Å²) in [5.41, 5.74) is 3.00. The van der Waals surface area contributed by atoms with Gasteiger partial charge in [-0.15, -0.1) is 0 Å². The summed E-state index contributed by atoms with van der Waals surface area (Å²) in [6.07, 6.45) is 2.97. The summed E-state index contributed by atoms with van der Waals surface area (Å²) in [7, 11) is 0. The molecule has 102 valence electrons. The maximum atomic E-state index is 11.6. The Morgan fingerprint density at radius 3 is 2.70 bits per heavy atom. The molecule has 0 unspecified atom stereocenters. The molecule has 0 saturated heterocycles. The van der Waals surface area contributed by atoms with Crippen LogP contribution in [-0.2, 0) is 11.2 Å². The van der Waals surface area contributed by atoms with E-state index in [4.69, 9.17) is 4.42 Å². The van der Waals surface area contributed by atoms with Crippen LogP contribution in [0.25, 0.3) is 0 Å². The van der Waals surface area contributed by atoms with E-state index in [0.717, 1.165) is 0 Å². The average Bonchev–Trinajstić information content (AvgIpc) is 2.92. The molecule has 1 N–H and O–H groups in total. The van der Waals surface area contributed by atoms with Crippen LogP contribution in [-0.4, -0.2) is 17.0 Å². The first-order valence-electron chi connectivity index (χ1n) is 5.74. The lowest BCUT2D eigenvalue weighted by atomic mass is 10.1. The zero-order chi connectivity index (χ0) is 14.4. The second-order valence-corrected chi connectivity index (χ2v) is 3.91. The topological polar surface area (TPSA) is 97.7 Å². The summed E-state index contributed by atoms with van der Waals surface area (Å²) >= 11 is 0. The average molecular weight is 273 g/mol. The fraction of sp³-hybridized carbons (Fsp3) is 0.0769. The van der Waals surface area contributed by atoms with E-state index in [2.05, 4.69) is 10.5 Å². The van der Waals surface area contributed by atoms with Crippen molar-refractivity contribution >= 4 is 17.8 Å². The molecule has 2 rings (SSSR count). The van der Waals surface area contributed by atoms with Crippen LogP contribution < -0.4 is 5.43 Å². The Morgan fingerprint density at radius 2 is 2.10 bits per heavy atom. The predicted molar refractivity (Wildman–Crippen MR) is 71.2 cm³/mol. The van der Waals surface area contributed by atoms with Crippen molar-refractivity contribution < 1.29 is 14.1 Å². The summed E-state index contributed by atoms with van der Waals surface area (Å²) in [5.74, 6) is 0.210. The zero-order valence-electron chi connectivity index (χ0n) is 10.4. The Balaban J connectivity index is 1.86. The van der Waals surface area contributed by atoms with Gasteiger partial charge in [0.15, 0.2) is 0 Å². The van der Waals surface area contributed by atoms with Crippen LogP contribution in [0.5, 0.6) is 0 Å². The fourth-order valence-electron chi connectivity index (χ4n) is 1.49. The predicted octanol–water partition coefficient (Wildman–Crippen LogP) is 1.88. The maximum Gasteiger partial charge on any atom is 0.269 e. The van der Waals surface area contributed by atoms with Crippen LogP contribution in [0.2, 0.25) is 0 Å². The molecule has 1 amide bonds. The third-order valence-corrected chi connectivity index (χ3v) is 2.44. The van der Waals surface area contributed by atoms with E-state index in [1.165, 1.54) is 36.7 Å². The number of carbonyl (C=O) groups is 1. The second-order valence-electron chi connectivity index (χ2n) is 3.91. The lowest BCUT2D eigenvalue weighted by Crippen LogP contribution is -2.19. The molecule has 1 heterocycles. The van der Waals surface area contributed by atoms with Crippen molar-refractivity contribution in [2.75, 3.05) is 0 Å². The largest absolute Gasteiger partial charge is 0.463 e. The van der Waals surface area contributed by atoms with Gasteiger partial charge in [-0.1, -0.05) is 12.1 Å². The standard InChI is InChI=1S/C13H11N3O4/c17-13(15-14-9-12-2-1-7-20-12)8-10-3-5-11(6-4-10)16(18)19/h1-7,9H,8H2,(H,15,17)/b14-9-. The van der Waals surface area contributed by atoms with Gasteiger partial charge in [0, 0.05) is 12.1 Å². The highest BCUT2D eigenvalue weighted by Crippen LogP contribution is 2.12. The van der Waals surface area contributed by atoms with Crippen molar-refractivity contribution in [2.24, 2.45) is 5.10 Å². The number of carbonyl (C=O) groups excluding carboxylic acids is 1. The van der Waals surface area contributed by atoms with Crippen molar-refractivity contribution in [3.63, 3.8) is 0 Å². The van der Waals surface area contributed by atoms with E-state index < -0.39 is 4.92 Å². The minimum atomic E-state index is -0.489. The van der Waals surface area contributed by atoms with Crippen LogP contribution in [0, 0.1) is 10.1 Å². The number of hydrogen-bond donors (Lipinski definition) is 1. The smallest absolute Gasteiger partial charge is 0.269 e. The Bertz CT molecular complexity index is 618. The molecule has 1 aromatic carbocycles. The molecule has 0 aliphatic rings. The summed E-state index contributed by atoms with van der Waals surface area (Å²) < 4.78 is 5.00. The first kappa shape index (κ1) is 13.5. The monoisotopic (exact) mass is 273 g/mol. The van der Waals surface area contributed by atoms with Gasteiger partial charge in [0.2, 0.25) is 5.91 Å². The van der Waals surface area contributed by atoms with Gasteiger partial charge in [0.1, 0.15) is 5.76 Å². The number of hydrogen-bond acceptors (Lipinski definition) is 5. The lowest BCUT2D eigenvalue weighted by Gasteiger charge is -2.00. The number of non-ortho nitro benzene ring substituents is 1. The van der Waals surface area contributed by atoms with Crippen LogP contribution in [0.1, 0.15) is 11.3 Å². The van der Waals surface area contributed by atoms with E-state index in [-0.39, 0.29) is 18.0 Å². The molecule has 7 heteroatoms. The van der Waals surface area contributed by atoms with Crippen LogP contribution >= 0.6 is 0 Å². The van der Waals surface area contributed by atoms with E-state index in [0.29, 0.717) is 11.3 Å². The summed E-state index contributed by atoms with van der Waals surface area (Å²) in [5, 5.41) is 14.2. The minimum absolute atomic E-state index is 0.00926. The van der Waals surface area contributed by atoms with Gasteiger partial charge in [0.25, 0.3) is 5.69 Å². The number of nitro benzene ring substituents is 1. The molecule has 1 aromatic heterocycles. The molecule has 0 aliphatic heterocycles. The van der Waals surface area contributed by atoms with Crippen molar-refractivity contribution in [1.82, 2.24) is 5.43 Å². The highest BCUT2D eigenvalue weighted by molar-refractivity contribution is 5.81. The van der Waals surface area contributed by atoms with Gasteiger partial charge in [0.05, 0.1) is 23.8 Å². The van der Waals surface area contributed by atoms with Gasteiger partial charge in [-0.3, -0.25) is 14.9 Å². The summed E-state index contributed by atoms with van der Waals surface area (Å²) in [6, 6.07) is 9.19. The van der Waals surface area contributed by atoms with Gasteiger partial charge < -0.3 is 4.42 Å². The molecule has 2 aromatic rings. The molecule has 0 radical (unpaired) electrons.